The van der Waals surface area contributed by atoms with Crippen LogP contribution in [0.4, 0.5) is 0 Å². The van der Waals surface area contributed by atoms with E-state index in [0.717, 1.165) is 58.3 Å². The summed E-state index contributed by atoms with van der Waals surface area (Å²) in [6, 6.07) is 9.44. The molecule has 6 nitrogen and oxygen atoms in total. The Bertz CT molecular complexity index is 631. The van der Waals surface area contributed by atoms with Gasteiger partial charge in [-0.15, -0.1) is 0 Å². The zero-order valence-corrected chi connectivity index (χ0v) is 18.2. The van der Waals surface area contributed by atoms with E-state index >= 15 is 0 Å². The van der Waals surface area contributed by atoms with Crippen molar-refractivity contribution in [3.63, 3.8) is 0 Å². The SMILES string of the molecule is CN=C(NCCCOC1CCOC1)NCc1ccccc1CN1CCCCC1C. The minimum atomic E-state index is 0.284. The van der Waals surface area contributed by atoms with Crippen molar-refractivity contribution in [2.75, 3.05) is 40.0 Å². The Balaban J connectivity index is 1.40. The van der Waals surface area contributed by atoms with Crippen LogP contribution < -0.4 is 10.6 Å². The van der Waals surface area contributed by atoms with E-state index in [0.29, 0.717) is 6.04 Å². The van der Waals surface area contributed by atoms with Crippen molar-refractivity contribution < 1.29 is 9.47 Å². The second kappa shape index (κ2) is 12.2. The highest BCUT2D eigenvalue weighted by Crippen LogP contribution is 2.20. The van der Waals surface area contributed by atoms with E-state index in [9.17, 15) is 0 Å². The fourth-order valence-electron chi connectivity index (χ4n) is 4.07. The quantitative estimate of drug-likeness (QED) is 0.378. The summed E-state index contributed by atoms with van der Waals surface area (Å²) in [5.41, 5.74) is 2.76. The maximum Gasteiger partial charge on any atom is 0.191 e. The van der Waals surface area contributed by atoms with Crippen molar-refractivity contribution >= 4 is 5.96 Å². The maximum atomic E-state index is 5.81. The number of hydrogen-bond acceptors (Lipinski definition) is 4. The van der Waals surface area contributed by atoms with Crippen LogP contribution in [0.2, 0.25) is 0 Å². The summed E-state index contributed by atoms with van der Waals surface area (Å²) >= 11 is 0. The van der Waals surface area contributed by atoms with Crippen molar-refractivity contribution in [1.29, 1.82) is 0 Å². The highest BCUT2D eigenvalue weighted by atomic mass is 16.5. The molecule has 162 valence electrons. The van der Waals surface area contributed by atoms with Gasteiger partial charge in [0.15, 0.2) is 5.96 Å². The summed E-state index contributed by atoms with van der Waals surface area (Å²) in [5, 5.41) is 6.86. The minimum absolute atomic E-state index is 0.284. The first kappa shape index (κ1) is 22.1. The molecule has 0 bridgehead atoms. The number of nitrogens with one attached hydrogen (secondary N) is 2. The molecule has 0 aliphatic carbocycles. The molecule has 0 spiro atoms. The van der Waals surface area contributed by atoms with E-state index in [-0.39, 0.29) is 6.10 Å². The monoisotopic (exact) mass is 402 g/mol. The zero-order chi connectivity index (χ0) is 20.3. The van der Waals surface area contributed by atoms with Crippen LogP contribution >= 0.6 is 0 Å². The Kier molecular flexibility index (Phi) is 9.25. The average Bonchev–Trinajstić information content (AvgIpc) is 3.26. The largest absolute Gasteiger partial charge is 0.379 e. The molecule has 0 radical (unpaired) electrons. The smallest absolute Gasteiger partial charge is 0.191 e. The van der Waals surface area contributed by atoms with Gasteiger partial charge in [-0.2, -0.15) is 0 Å². The molecule has 2 aliphatic rings. The third kappa shape index (κ3) is 7.28. The maximum absolute atomic E-state index is 5.81. The van der Waals surface area contributed by atoms with Gasteiger partial charge in [0, 0.05) is 45.9 Å². The van der Waals surface area contributed by atoms with Gasteiger partial charge in [-0.1, -0.05) is 30.7 Å². The molecule has 1 aromatic carbocycles. The van der Waals surface area contributed by atoms with Gasteiger partial charge in [0.05, 0.1) is 12.7 Å². The van der Waals surface area contributed by atoms with Crippen molar-refractivity contribution in [3.8, 4) is 0 Å². The first-order valence-electron chi connectivity index (χ1n) is 11.2. The highest BCUT2D eigenvalue weighted by molar-refractivity contribution is 5.79. The van der Waals surface area contributed by atoms with Crippen LogP contribution in [0.3, 0.4) is 0 Å². The number of piperidine rings is 1. The average molecular weight is 403 g/mol. The molecular weight excluding hydrogens is 364 g/mol. The number of rotatable bonds is 9. The summed E-state index contributed by atoms with van der Waals surface area (Å²) in [6.07, 6.45) is 6.26. The summed E-state index contributed by atoms with van der Waals surface area (Å²) < 4.78 is 11.1. The number of guanidine groups is 1. The molecule has 2 aliphatic heterocycles. The van der Waals surface area contributed by atoms with Crippen molar-refractivity contribution in [1.82, 2.24) is 15.5 Å². The standard InChI is InChI=1S/C23H38N4O2/c1-19-8-5-6-13-27(19)17-21-10-4-3-9-20(21)16-26-23(24-2)25-12-7-14-29-22-11-15-28-18-22/h3-4,9-10,19,22H,5-8,11-18H2,1-2H3,(H2,24,25,26). The predicted octanol–water partition coefficient (Wildman–Crippen LogP) is 2.92. The van der Waals surface area contributed by atoms with E-state index in [1.807, 2.05) is 7.05 Å². The summed E-state index contributed by atoms with van der Waals surface area (Å²) in [6.45, 7) is 8.57. The van der Waals surface area contributed by atoms with E-state index in [1.165, 1.54) is 36.9 Å². The Morgan fingerprint density at radius 2 is 2.07 bits per heavy atom. The number of aliphatic imine (C=N–C) groups is 1. The molecule has 2 heterocycles. The molecule has 2 N–H and O–H groups in total. The Morgan fingerprint density at radius 1 is 1.21 bits per heavy atom. The molecule has 0 aromatic heterocycles. The second-order valence-corrected chi connectivity index (χ2v) is 8.15. The molecular formula is C23H38N4O2. The van der Waals surface area contributed by atoms with Gasteiger partial charge in [0.2, 0.25) is 0 Å². The van der Waals surface area contributed by atoms with Crippen LogP contribution in [0, 0.1) is 0 Å². The number of ether oxygens (including phenoxy) is 2. The normalized spacial score (nSPS) is 23.3. The number of nitrogens with zero attached hydrogens (tertiary/aromatic N) is 2. The van der Waals surface area contributed by atoms with Crippen LogP contribution in [0.5, 0.6) is 0 Å². The van der Waals surface area contributed by atoms with Crippen molar-refractivity contribution in [2.45, 2.75) is 64.3 Å². The molecule has 0 amide bonds. The molecule has 3 rings (SSSR count). The second-order valence-electron chi connectivity index (χ2n) is 8.15. The molecule has 2 fully saturated rings. The van der Waals surface area contributed by atoms with Gasteiger partial charge in [-0.25, -0.2) is 0 Å². The van der Waals surface area contributed by atoms with Gasteiger partial charge in [0.1, 0.15) is 0 Å². The van der Waals surface area contributed by atoms with E-state index < -0.39 is 0 Å². The fourth-order valence-corrected chi connectivity index (χ4v) is 4.07. The van der Waals surface area contributed by atoms with E-state index in [4.69, 9.17) is 9.47 Å². The Morgan fingerprint density at radius 3 is 2.83 bits per heavy atom. The molecule has 29 heavy (non-hydrogen) atoms. The highest BCUT2D eigenvalue weighted by Gasteiger charge is 2.19. The summed E-state index contributed by atoms with van der Waals surface area (Å²) in [7, 11) is 1.82. The van der Waals surface area contributed by atoms with Crippen molar-refractivity contribution in [2.24, 2.45) is 4.99 Å². The molecule has 2 saturated heterocycles. The van der Waals surface area contributed by atoms with E-state index in [1.54, 1.807) is 0 Å². The Hall–Kier alpha value is -1.63. The molecule has 2 unspecified atom stereocenters. The predicted molar refractivity (Wildman–Crippen MR) is 118 cm³/mol. The Labute approximate surface area is 176 Å². The number of benzene rings is 1. The van der Waals surface area contributed by atoms with Crippen LogP contribution in [-0.2, 0) is 22.6 Å². The van der Waals surface area contributed by atoms with Crippen molar-refractivity contribution in [3.05, 3.63) is 35.4 Å². The van der Waals surface area contributed by atoms with E-state index in [2.05, 4.69) is 51.7 Å². The lowest BCUT2D eigenvalue weighted by Crippen LogP contribution is -2.39. The third-order valence-electron chi connectivity index (χ3n) is 5.96. The topological polar surface area (TPSA) is 58.1 Å². The summed E-state index contributed by atoms with van der Waals surface area (Å²) in [4.78, 5) is 6.97. The first-order valence-corrected chi connectivity index (χ1v) is 11.2. The zero-order valence-electron chi connectivity index (χ0n) is 18.2. The first-order chi connectivity index (χ1) is 14.3. The molecule has 0 saturated carbocycles. The van der Waals surface area contributed by atoms with Gasteiger partial charge in [-0.3, -0.25) is 9.89 Å². The minimum Gasteiger partial charge on any atom is -0.379 e. The lowest BCUT2D eigenvalue weighted by Gasteiger charge is -2.33. The van der Waals surface area contributed by atoms with Crippen LogP contribution in [-0.4, -0.2) is 63.0 Å². The molecule has 2 atom stereocenters. The lowest BCUT2D eigenvalue weighted by molar-refractivity contribution is 0.0420. The van der Waals surface area contributed by atoms with Gasteiger partial charge in [-0.05, 0) is 50.3 Å². The van der Waals surface area contributed by atoms with Crippen LogP contribution in [0.15, 0.2) is 29.3 Å². The third-order valence-corrected chi connectivity index (χ3v) is 5.96. The molecule has 1 aromatic rings. The van der Waals surface area contributed by atoms with Gasteiger partial charge in [0.25, 0.3) is 0 Å². The number of hydrogen-bond donors (Lipinski definition) is 2. The molecule has 6 heteroatoms. The fraction of sp³-hybridized carbons (Fsp3) is 0.696. The van der Waals surface area contributed by atoms with Crippen LogP contribution in [0.1, 0.15) is 50.2 Å². The van der Waals surface area contributed by atoms with Crippen LogP contribution in [0.25, 0.3) is 0 Å². The number of likely N-dealkylation sites (tertiary alicyclic amines) is 1. The van der Waals surface area contributed by atoms with Gasteiger partial charge < -0.3 is 20.1 Å². The summed E-state index contributed by atoms with van der Waals surface area (Å²) in [5.74, 6) is 0.843. The lowest BCUT2D eigenvalue weighted by atomic mass is 10.0. The van der Waals surface area contributed by atoms with Gasteiger partial charge >= 0.3 is 0 Å².